The van der Waals surface area contributed by atoms with Crippen LogP contribution < -0.4 is 4.74 Å². The quantitative estimate of drug-likeness (QED) is 0.889. The molecule has 2 heterocycles. The first-order valence-electron chi connectivity index (χ1n) is 8.15. The lowest BCUT2D eigenvalue weighted by Crippen LogP contribution is -2.48. The van der Waals surface area contributed by atoms with E-state index in [4.69, 9.17) is 4.74 Å². The van der Waals surface area contributed by atoms with Gasteiger partial charge in [-0.15, -0.1) is 0 Å². The number of nitrogens with one attached hydrogen (secondary N) is 1. The number of likely N-dealkylation sites (tertiary alicyclic amines) is 1. The molecule has 3 rings (SSSR count). The number of aromatic amines is 1. The predicted molar refractivity (Wildman–Crippen MR) is 91.5 cm³/mol. The fourth-order valence-corrected chi connectivity index (χ4v) is 3.18. The van der Waals surface area contributed by atoms with E-state index in [-0.39, 0.29) is 12.5 Å². The Morgan fingerprint density at radius 2 is 2.04 bits per heavy atom. The van der Waals surface area contributed by atoms with Crippen molar-refractivity contribution in [1.82, 2.24) is 15.1 Å². The van der Waals surface area contributed by atoms with Crippen LogP contribution >= 0.6 is 0 Å². The number of hydrogen-bond donors (Lipinski definition) is 2. The summed E-state index contributed by atoms with van der Waals surface area (Å²) < 4.78 is 5.15. The van der Waals surface area contributed by atoms with Crippen molar-refractivity contribution in [2.75, 3.05) is 20.2 Å². The molecule has 25 heavy (non-hydrogen) atoms. The number of hydrogen-bond acceptors (Lipinski definition) is 4. The van der Waals surface area contributed by atoms with E-state index < -0.39 is 11.4 Å². The summed E-state index contributed by atoms with van der Waals surface area (Å²) in [6.07, 6.45) is 2.74. The molecule has 1 aromatic carbocycles. The molecule has 7 nitrogen and oxygen atoms in total. The van der Waals surface area contributed by atoms with E-state index in [9.17, 15) is 14.7 Å². The van der Waals surface area contributed by atoms with Crippen molar-refractivity contribution in [3.63, 3.8) is 0 Å². The van der Waals surface area contributed by atoms with E-state index in [2.05, 4.69) is 10.2 Å². The zero-order chi connectivity index (χ0) is 18.0. The van der Waals surface area contributed by atoms with Crippen molar-refractivity contribution >= 4 is 11.9 Å². The molecule has 0 bridgehead atoms. The molecule has 1 saturated heterocycles. The molecule has 0 spiro atoms. The third-order valence-corrected chi connectivity index (χ3v) is 4.75. The van der Waals surface area contributed by atoms with Crippen molar-refractivity contribution in [3.8, 4) is 17.0 Å². The molecule has 2 aromatic rings. The lowest BCUT2D eigenvalue weighted by molar-refractivity contribution is -0.150. The largest absolute Gasteiger partial charge is 0.497 e. The number of methoxy groups -OCH3 is 1. The van der Waals surface area contributed by atoms with Gasteiger partial charge in [-0.2, -0.15) is 5.10 Å². The number of carboxylic acids is 1. The van der Waals surface area contributed by atoms with Crippen LogP contribution in [-0.2, 0) is 4.79 Å². The van der Waals surface area contributed by atoms with Crippen molar-refractivity contribution in [2.45, 2.75) is 19.8 Å². The number of amides is 1. The number of aliphatic carboxylic acids is 1. The molecule has 1 aromatic heterocycles. The number of carbonyl (C=O) groups is 2. The number of carboxylic acid groups (broad SMARTS) is 1. The number of H-pyrrole nitrogens is 1. The molecule has 0 saturated carbocycles. The van der Waals surface area contributed by atoms with Crippen LogP contribution in [-0.4, -0.2) is 52.3 Å². The molecule has 1 amide bonds. The van der Waals surface area contributed by atoms with Gasteiger partial charge in [0, 0.05) is 18.7 Å². The van der Waals surface area contributed by atoms with Crippen LogP contribution in [0.1, 0.15) is 30.1 Å². The van der Waals surface area contributed by atoms with Crippen LogP contribution in [0.4, 0.5) is 0 Å². The fraction of sp³-hybridized carbons (Fsp3) is 0.389. The Balaban J connectivity index is 1.86. The van der Waals surface area contributed by atoms with Crippen LogP contribution in [0, 0.1) is 5.41 Å². The summed E-state index contributed by atoms with van der Waals surface area (Å²) in [5.74, 6) is -0.344. The van der Waals surface area contributed by atoms with E-state index in [0.29, 0.717) is 30.6 Å². The van der Waals surface area contributed by atoms with Gasteiger partial charge in [0.15, 0.2) is 0 Å². The first kappa shape index (κ1) is 17.0. The average Bonchev–Trinajstić information content (AvgIpc) is 3.10. The highest BCUT2D eigenvalue weighted by Crippen LogP contribution is 2.32. The summed E-state index contributed by atoms with van der Waals surface area (Å²) in [7, 11) is 1.59. The van der Waals surface area contributed by atoms with Gasteiger partial charge in [-0.3, -0.25) is 14.7 Å². The van der Waals surface area contributed by atoms with Crippen LogP contribution in [0.3, 0.4) is 0 Å². The molecule has 1 atom stereocenters. The summed E-state index contributed by atoms with van der Waals surface area (Å²) in [4.78, 5) is 26.1. The van der Waals surface area contributed by atoms with Gasteiger partial charge in [0.2, 0.25) is 0 Å². The molecule has 1 aliphatic rings. The summed E-state index contributed by atoms with van der Waals surface area (Å²) in [6, 6.07) is 7.32. The smallest absolute Gasteiger partial charge is 0.311 e. The Kier molecular flexibility index (Phi) is 4.48. The van der Waals surface area contributed by atoms with Crippen LogP contribution in [0.5, 0.6) is 5.75 Å². The third-order valence-electron chi connectivity index (χ3n) is 4.75. The molecule has 0 aliphatic carbocycles. The maximum atomic E-state index is 12.9. The number of rotatable bonds is 4. The Bertz CT molecular complexity index is 784. The Labute approximate surface area is 145 Å². The first-order valence-corrected chi connectivity index (χ1v) is 8.15. The minimum Gasteiger partial charge on any atom is -0.497 e. The number of aromatic nitrogens is 2. The van der Waals surface area contributed by atoms with Crippen molar-refractivity contribution in [2.24, 2.45) is 5.41 Å². The Morgan fingerprint density at radius 1 is 1.32 bits per heavy atom. The van der Waals surface area contributed by atoms with E-state index in [1.165, 1.54) is 6.20 Å². The highest BCUT2D eigenvalue weighted by atomic mass is 16.5. The number of carbonyl (C=O) groups excluding carboxylic acids is 1. The highest BCUT2D eigenvalue weighted by Gasteiger charge is 2.40. The monoisotopic (exact) mass is 343 g/mol. The molecule has 2 N–H and O–H groups in total. The SMILES string of the molecule is COc1ccc(-c2[nH]ncc2C(=O)N2CCCC(C)(C(=O)O)C2)cc1. The first-order chi connectivity index (χ1) is 11.9. The summed E-state index contributed by atoms with van der Waals surface area (Å²) >= 11 is 0. The molecule has 0 radical (unpaired) electrons. The van der Waals surface area contributed by atoms with Gasteiger partial charge in [-0.1, -0.05) is 0 Å². The zero-order valence-corrected chi connectivity index (χ0v) is 14.3. The van der Waals surface area contributed by atoms with E-state index >= 15 is 0 Å². The molecular weight excluding hydrogens is 322 g/mol. The van der Waals surface area contributed by atoms with Crippen LogP contribution in [0.15, 0.2) is 30.5 Å². The van der Waals surface area contributed by atoms with E-state index in [1.807, 2.05) is 24.3 Å². The normalized spacial score (nSPS) is 20.3. The second-order valence-corrected chi connectivity index (χ2v) is 6.58. The van der Waals surface area contributed by atoms with Crippen molar-refractivity contribution < 1.29 is 19.4 Å². The second-order valence-electron chi connectivity index (χ2n) is 6.58. The van der Waals surface area contributed by atoms with Gasteiger partial charge in [0.25, 0.3) is 5.91 Å². The minimum atomic E-state index is -0.905. The van der Waals surface area contributed by atoms with Gasteiger partial charge >= 0.3 is 5.97 Å². The third kappa shape index (κ3) is 3.22. The summed E-state index contributed by atoms with van der Waals surface area (Å²) in [5, 5.41) is 16.3. The zero-order valence-electron chi connectivity index (χ0n) is 14.3. The van der Waals surface area contributed by atoms with Crippen molar-refractivity contribution in [1.29, 1.82) is 0 Å². The fourth-order valence-electron chi connectivity index (χ4n) is 3.18. The maximum absolute atomic E-state index is 12.9. The summed E-state index contributed by atoms with van der Waals surface area (Å²) in [6.45, 7) is 2.44. The molecule has 1 unspecified atom stereocenters. The van der Waals surface area contributed by atoms with E-state index in [0.717, 1.165) is 11.3 Å². The van der Waals surface area contributed by atoms with Crippen LogP contribution in [0.25, 0.3) is 11.3 Å². The second kappa shape index (κ2) is 6.58. The summed E-state index contributed by atoms with van der Waals surface area (Å²) in [5.41, 5.74) is 0.979. The Morgan fingerprint density at radius 3 is 2.68 bits per heavy atom. The lowest BCUT2D eigenvalue weighted by atomic mass is 9.82. The number of ether oxygens (including phenoxy) is 1. The van der Waals surface area contributed by atoms with Gasteiger partial charge in [0.05, 0.1) is 30.0 Å². The van der Waals surface area contributed by atoms with Crippen molar-refractivity contribution in [3.05, 3.63) is 36.0 Å². The molecular formula is C18H21N3O4. The molecule has 132 valence electrons. The maximum Gasteiger partial charge on any atom is 0.311 e. The van der Waals surface area contributed by atoms with Gasteiger partial charge < -0.3 is 14.7 Å². The van der Waals surface area contributed by atoms with Gasteiger partial charge in [0.1, 0.15) is 5.75 Å². The predicted octanol–water partition coefficient (Wildman–Crippen LogP) is 2.41. The Hall–Kier alpha value is -2.83. The average molecular weight is 343 g/mol. The van der Waals surface area contributed by atoms with E-state index in [1.54, 1.807) is 18.9 Å². The molecule has 1 aliphatic heterocycles. The molecule has 7 heteroatoms. The number of benzene rings is 1. The molecule has 1 fully saturated rings. The van der Waals surface area contributed by atoms with Gasteiger partial charge in [-0.25, -0.2) is 0 Å². The van der Waals surface area contributed by atoms with Crippen LogP contribution in [0.2, 0.25) is 0 Å². The highest BCUT2D eigenvalue weighted by molar-refractivity contribution is 6.00. The number of nitrogens with zero attached hydrogens (tertiary/aromatic N) is 2. The van der Waals surface area contributed by atoms with Gasteiger partial charge in [-0.05, 0) is 44.0 Å². The standard InChI is InChI=1S/C18H21N3O4/c1-18(17(23)24)8-3-9-21(11-18)16(22)14-10-19-20-15(14)12-4-6-13(25-2)7-5-12/h4-7,10H,3,8-9,11H2,1-2H3,(H,19,20)(H,23,24). The number of piperidine rings is 1. The minimum absolute atomic E-state index is 0.202. The lowest BCUT2D eigenvalue weighted by Gasteiger charge is -2.37. The topological polar surface area (TPSA) is 95.5 Å².